The molecule has 1 saturated heterocycles. The fourth-order valence-electron chi connectivity index (χ4n) is 2.80. The standard InChI is InChI=1S/C16H26N4O/c1-13-5-6-15(14(2)18-13)16(21)20-10-4-9-19(11-12-20)8-3-7-17/h5-6H,3-4,7-12,17H2,1-2H3. The molecule has 5 heteroatoms. The van der Waals surface area contributed by atoms with Gasteiger partial charge in [-0.15, -0.1) is 0 Å². The van der Waals surface area contributed by atoms with Crippen molar-refractivity contribution in [2.75, 3.05) is 39.3 Å². The molecule has 0 unspecified atom stereocenters. The van der Waals surface area contributed by atoms with E-state index in [2.05, 4.69) is 9.88 Å². The molecule has 0 aliphatic carbocycles. The van der Waals surface area contributed by atoms with Crippen molar-refractivity contribution < 1.29 is 4.79 Å². The van der Waals surface area contributed by atoms with Gasteiger partial charge in [0.15, 0.2) is 0 Å². The van der Waals surface area contributed by atoms with Crippen LogP contribution in [0.4, 0.5) is 0 Å². The van der Waals surface area contributed by atoms with Gasteiger partial charge in [-0.1, -0.05) is 0 Å². The molecule has 0 bridgehead atoms. The Balaban J connectivity index is 1.99. The quantitative estimate of drug-likeness (QED) is 0.905. The normalized spacial score (nSPS) is 16.8. The van der Waals surface area contributed by atoms with Gasteiger partial charge in [0, 0.05) is 25.3 Å². The third kappa shape index (κ3) is 4.25. The van der Waals surface area contributed by atoms with Crippen LogP contribution >= 0.6 is 0 Å². The minimum atomic E-state index is 0.112. The van der Waals surface area contributed by atoms with Crippen LogP contribution in [0.3, 0.4) is 0 Å². The topological polar surface area (TPSA) is 62.5 Å². The van der Waals surface area contributed by atoms with Crippen molar-refractivity contribution in [3.05, 3.63) is 29.1 Å². The van der Waals surface area contributed by atoms with Crippen LogP contribution in [0.5, 0.6) is 0 Å². The minimum absolute atomic E-state index is 0.112. The Bertz CT molecular complexity index is 489. The summed E-state index contributed by atoms with van der Waals surface area (Å²) in [5.74, 6) is 0.112. The molecule has 0 atom stereocenters. The molecule has 2 N–H and O–H groups in total. The highest BCUT2D eigenvalue weighted by atomic mass is 16.2. The summed E-state index contributed by atoms with van der Waals surface area (Å²) in [4.78, 5) is 21.4. The third-order valence-corrected chi connectivity index (χ3v) is 4.01. The van der Waals surface area contributed by atoms with Gasteiger partial charge in [-0.05, 0) is 58.5 Å². The maximum atomic E-state index is 12.7. The van der Waals surface area contributed by atoms with Gasteiger partial charge in [0.05, 0.1) is 11.3 Å². The van der Waals surface area contributed by atoms with Crippen molar-refractivity contribution >= 4 is 5.91 Å². The SMILES string of the molecule is Cc1ccc(C(=O)N2CCCN(CCCN)CC2)c(C)n1. The van der Waals surface area contributed by atoms with E-state index in [9.17, 15) is 4.79 Å². The van der Waals surface area contributed by atoms with Gasteiger partial charge in [0.1, 0.15) is 0 Å². The maximum absolute atomic E-state index is 12.7. The third-order valence-electron chi connectivity index (χ3n) is 4.01. The number of hydrogen-bond donors (Lipinski definition) is 1. The molecule has 0 aromatic carbocycles. The van der Waals surface area contributed by atoms with Crippen LogP contribution in [0.2, 0.25) is 0 Å². The molecule has 0 saturated carbocycles. The van der Waals surface area contributed by atoms with Crippen molar-refractivity contribution in [2.24, 2.45) is 5.73 Å². The lowest BCUT2D eigenvalue weighted by Gasteiger charge is -2.22. The molecule has 1 amide bonds. The van der Waals surface area contributed by atoms with E-state index in [1.54, 1.807) is 0 Å². The number of rotatable bonds is 4. The number of nitrogens with two attached hydrogens (primary N) is 1. The molecule has 1 aliphatic rings. The van der Waals surface area contributed by atoms with Gasteiger partial charge in [-0.3, -0.25) is 9.78 Å². The number of amides is 1. The monoisotopic (exact) mass is 290 g/mol. The largest absolute Gasteiger partial charge is 0.337 e. The highest BCUT2D eigenvalue weighted by molar-refractivity contribution is 5.95. The molecule has 0 radical (unpaired) electrons. The first kappa shape index (κ1) is 15.9. The smallest absolute Gasteiger partial charge is 0.255 e. The van der Waals surface area contributed by atoms with Gasteiger partial charge >= 0.3 is 0 Å². The Morgan fingerprint density at radius 2 is 2.05 bits per heavy atom. The number of carbonyl (C=O) groups is 1. The summed E-state index contributed by atoms with van der Waals surface area (Å²) >= 11 is 0. The number of nitrogens with zero attached hydrogens (tertiary/aromatic N) is 3. The summed E-state index contributed by atoms with van der Waals surface area (Å²) in [6.45, 7) is 9.21. The molecule has 1 aromatic heterocycles. The average Bonchev–Trinajstić information content (AvgIpc) is 2.70. The predicted molar refractivity (Wildman–Crippen MR) is 84.3 cm³/mol. The Hall–Kier alpha value is -1.46. The van der Waals surface area contributed by atoms with Crippen molar-refractivity contribution in [2.45, 2.75) is 26.7 Å². The molecule has 2 heterocycles. The first-order chi connectivity index (χ1) is 10.1. The molecule has 1 fully saturated rings. The Morgan fingerprint density at radius 3 is 2.76 bits per heavy atom. The van der Waals surface area contributed by atoms with E-state index in [1.165, 1.54) is 0 Å². The van der Waals surface area contributed by atoms with Crippen molar-refractivity contribution in [3.63, 3.8) is 0 Å². The zero-order valence-electron chi connectivity index (χ0n) is 13.1. The molecule has 1 aliphatic heterocycles. The summed E-state index contributed by atoms with van der Waals surface area (Å²) in [5.41, 5.74) is 8.07. The molecule has 5 nitrogen and oxygen atoms in total. The lowest BCUT2D eigenvalue weighted by atomic mass is 10.1. The van der Waals surface area contributed by atoms with Gasteiger partial charge in [-0.25, -0.2) is 0 Å². The number of aryl methyl sites for hydroxylation is 2. The first-order valence-electron chi connectivity index (χ1n) is 7.78. The van der Waals surface area contributed by atoms with E-state index < -0.39 is 0 Å². The van der Waals surface area contributed by atoms with Crippen LogP contribution in [0.25, 0.3) is 0 Å². The Labute approximate surface area is 127 Å². The van der Waals surface area contributed by atoms with Gasteiger partial charge in [0.2, 0.25) is 0 Å². The second-order valence-corrected chi connectivity index (χ2v) is 5.72. The summed E-state index contributed by atoms with van der Waals surface area (Å²) in [7, 11) is 0. The first-order valence-corrected chi connectivity index (χ1v) is 7.78. The summed E-state index contributed by atoms with van der Waals surface area (Å²) in [6, 6.07) is 3.81. The van der Waals surface area contributed by atoms with Crippen LogP contribution in [-0.2, 0) is 0 Å². The minimum Gasteiger partial charge on any atom is -0.337 e. The van der Waals surface area contributed by atoms with E-state index in [-0.39, 0.29) is 5.91 Å². The second kappa shape index (κ2) is 7.52. The fourth-order valence-corrected chi connectivity index (χ4v) is 2.80. The number of pyridine rings is 1. The van der Waals surface area contributed by atoms with Gasteiger partial charge in [-0.2, -0.15) is 0 Å². The highest BCUT2D eigenvalue weighted by Gasteiger charge is 2.21. The second-order valence-electron chi connectivity index (χ2n) is 5.72. The van der Waals surface area contributed by atoms with E-state index in [0.717, 1.165) is 69.1 Å². The van der Waals surface area contributed by atoms with E-state index >= 15 is 0 Å². The van der Waals surface area contributed by atoms with Crippen LogP contribution in [-0.4, -0.2) is 60.0 Å². The molecular formula is C16H26N4O. The van der Waals surface area contributed by atoms with Crippen molar-refractivity contribution in [1.29, 1.82) is 0 Å². The van der Waals surface area contributed by atoms with Crippen molar-refractivity contribution in [1.82, 2.24) is 14.8 Å². The maximum Gasteiger partial charge on any atom is 0.255 e. The zero-order chi connectivity index (χ0) is 15.2. The lowest BCUT2D eigenvalue weighted by molar-refractivity contribution is 0.0760. The zero-order valence-corrected chi connectivity index (χ0v) is 13.1. The van der Waals surface area contributed by atoms with Crippen LogP contribution in [0.1, 0.15) is 34.6 Å². The van der Waals surface area contributed by atoms with Crippen LogP contribution in [0, 0.1) is 13.8 Å². The lowest BCUT2D eigenvalue weighted by Crippen LogP contribution is -2.36. The van der Waals surface area contributed by atoms with Gasteiger partial charge < -0.3 is 15.5 Å². The number of hydrogen-bond acceptors (Lipinski definition) is 4. The fraction of sp³-hybridized carbons (Fsp3) is 0.625. The van der Waals surface area contributed by atoms with E-state index in [1.807, 2.05) is 30.9 Å². The Kier molecular flexibility index (Phi) is 5.70. The summed E-state index contributed by atoms with van der Waals surface area (Å²) < 4.78 is 0. The molecule has 1 aromatic rings. The van der Waals surface area contributed by atoms with Crippen molar-refractivity contribution in [3.8, 4) is 0 Å². The van der Waals surface area contributed by atoms with Crippen LogP contribution in [0.15, 0.2) is 12.1 Å². The number of aromatic nitrogens is 1. The molecule has 116 valence electrons. The Morgan fingerprint density at radius 1 is 1.24 bits per heavy atom. The van der Waals surface area contributed by atoms with E-state index in [0.29, 0.717) is 0 Å². The summed E-state index contributed by atoms with van der Waals surface area (Å²) in [5, 5.41) is 0. The predicted octanol–water partition coefficient (Wildman–Crippen LogP) is 1.20. The highest BCUT2D eigenvalue weighted by Crippen LogP contribution is 2.12. The van der Waals surface area contributed by atoms with Gasteiger partial charge in [0.25, 0.3) is 5.91 Å². The summed E-state index contributed by atoms with van der Waals surface area (Å²) in [6.07, 6.45) is 2.05. The molecule has 0 spiro atoms. The molecule has 21 heavy (non-hydrogen) atoms. The average molecular weight is 290 g/mol. The number of carbonyl (C=O) groups excluding carboxylic acids is 1. The van der Waals surface area contributed by atoms with E-state index in [4.69, 9.17) is 5.73 Å². The van der Waals surface area contributed by atoms with Crippen LogP contribution < -0.4 is 5.73 Å². The molecular weight excluding hydrogens is 264 g/mol. The molecule has 2 rings (SSSR count).